The van der Waals surface area contributed by atoms with Crippen molar-refractivity contribution in [3.05, 3.63) is 59.1 Å². The van der Waals surface area contributed by atoms with Crippen molar-refractivity contribution >= 4 is 73.8 Å². The van der Waals surface area contributed by atoms with E-state index in [2.05, 4.69) is 30.8 Å². The number of nitrogens with zero attached hydrogens (tertiary/aromatic N) is 4. The summed E-state index contributed by atoms with van der Waals surface area (Å²) >= 11 is 2.71. The molecule has 6 N–H and O–H groups in total. The normalized spacial score (nSPS) is 19.3. The number of unbranched alkanes of at least 4 members (excludes halogenated alkanes) is 2. The third-order valence-electron chi connectivity index (χ3n) is 9.44. The molecule has 0 saturated carbocycles. The number of aliphatic imine (C=N–C) groups is 1. The van der Waals surface area contributed by atoms with Crippen LogP contribution < -0.4 is 21.7 Å². The largest absolute Gasteiger partial charge is 0.480 e. The van der Waals surface area contributed by atoms with Gasteiger partial charge in [-0.3, -0.25) is 19.4 Å². The minimum Gasteiger partial charge on any atom is -0.480 e. The van der Waals surface area contributed by atoms with E-state index in [1.165, 1.54) is 23.1 Å². The van der Waals surface area contributed by atoms with E-state index in [0.29, 0.717) is 72.1 Å². The second kappa shape index (κ2) is 19.8. The number of aliphatic carboxylic acids is 1. The van der Waals surface area contributed by atoms with Crippen LogP contribution in [0.15, 0.2) is 53.5 Å². The van der Waals surface area contributed by atoms with Gasteiger partial charge in [0, 0.05) is 17.5 Å². The number of aromatic nitrogens is 1. The van der Waals surface area contributed by atoms with Crippen molar-refractivity contribution in [3.8, 4) is 0 Å². The number of nitrogens with two attached hydrogens (primary N) is 1. The first-order chi connectivity index (χ1) is 26.4. The van der Waals surface area contributed by atoms with Gasteiger partial charge in [0.15, 0.2) is 6.04 Å². The predicted molar refractivity (Wildman–Crippen MR) is 214 cm³/mol. The second-order valence-corrected chi connectivity index (χ2v) is 16.1. The molecule has 2 aromatic carbocycles. The number of likely N-dealkylation sites (tertiary alicyclic amines) is 1. The summed E-state index contributed by atoms with van der Waals surface area (Å²) in [6.45, 7) is 3.14. The van der Waals surface area contributed by atoms with Gasteiger partial charge in [-0.2, -0.15) is 0 Å². The predicted octanol–water partition coefficient (Wildman–Crippen LogP) is 3.81. The van der Waals surface area contributed by atoms with Crippen LogP contribution in [-0.2, 0) is 30.5 Å². The average Bonchev–Trinajstić information content (AvgIpc) is 3.88. The smallest absolute Gasteiger partial charge is 0.408 e. The molecule has 1 fully saturated rings. The van der Waals surface area contributed by atoms with E-state index < -0.39 is 48.0 Å². The molecule has 1 saturated heterocycles. The van der Waals surface area contributed by atoms with E-state index in [0.717, 1.165) is 23.2 Å². The van der Waals surface area contributed by atoms with Crippen molar-refractivity contribution in [2.45, 2.75) is 88.7 Å². The summed E-state index contributed by atoms with van der Waals surface area (Å²) in [4.78, 5) is 78.5. The molecule has 0 aliphatic carbocycles. The minimum atomic E-state index is -0.975. The lowest BCUT2D eigenvalue weighted by Crippen LogP contribution is -2.55. The Morgan fingerprint density at radius 1 is 1.05 bits per heavy atom. The standard InChI is InChI=1S/C38H50N8O7S2/c1-23-19-28(44-38(52)53-21-24-11-5-4-6-12-24)36(49)46(23)30(14-8-10-18-45(2)3)33(48)41-27(13-7-9-17-39)32(47)40-25-15-16-26-31(20-25)55-35(42-26)34-43-29(22-54-34)37(50)51/h4-6,11-12,15-16,20,23,27-30H,7-10,13-14,17-19,21-22,39H2,1-3H3,(H,40,47)(H,41,48)(H,44,52)(H,50,51)/t23?,27-,28-,29+,30-/m0/s1. The Bertz CT molecular complexity index is 1860. The Hall–Kier alpha value is -4.58. The number of carboxylic acids is 1. The van der Waals surface area contributed by atoms with Gasteiger partial charge in [-0.15, -0.1) is 23.1 Å². The van der Waals surface area contributed by atoms with Gasteiger partial charge in [0.25, 0.3) is 0 Å². The molecule has 17 heteroatoms. The summed E-state index contributed by atoms with van der Waals surface area (Å²) in [6, 6.07) is 10.7. The summed E-state index contributed by atoms with van der Waals surface area (Å²) in [7, 11) is 3.94. The highest BCUT2D eigenvalue weighted by molar-refractivity contribution is 8.15. The number of carbonyl (C=O) groups is 5. The number of hydrogen-bond donors (Lipinski definition) is 5. The van der Waals surface area contributed by atoms with E-state index in [1.54, 1.807) is 23.1 Å². The Morgan fingerprint density at radius 3 is 2.53 bits per heavy atom. The summed E-state index contributed by atoms with van der Waals surface area (Å²) < 4.78 is 6.15. The lowest BCUT2D eigenvalue weighted by Gasteiger charge is -2.32. The van der Waals surface area contributed by atoms with E-state index in [1.807, 2.05) is 51.4 Å². The number of hydrogen-bond acceptors (Lipinski definition) is 12. The Labute approximate surface area is 328 Å². The van der Waals surface area contributed by atoms with E-state index >= 15 is 0 Å². The first-order valence-corrected chi connectivity index (χ1v) is 20.3. The second-order valence-electron chi connectivity index (χ2n) is 14.0. The third kappa shape index (κ3) is 11.5. The van der Waals surface area contributed by atoms with Crippen molar-refractivity contribution in [2.24, 2.45) is 10.7 Å². The average molecular weight is 795 g/mol. The molecule has 5 atom stereocenters. The molecule has 3 heterocycles. The molecule has 4 amide bonds. The summed E-state index contributed by atoms with van der Waals surface area (Å²) in [5.74, 6) is -1.86. The van der Waals surface area contributed by atoms with Crippen molar-refractivity contribution in [3.63, 3.8) is 0 Å². The van der Waals surface area contributed by atoms with E-state index in [-0.39, 0.29) is 18.6 Å². The SMILES string of the molecule is CC1C[C@H](NC(=O)OCc2ccccc2)C(=O)N1[C@@H](CCCCN(C)C)C(=O)N[C@@H](CCCCN)C(=O)Nc1ccc2nc(C3=N[C@@H](C(=O)O)CS3)sc2c1. The quantitative estimate of drug-likeness (QED) is 0.110. The Morgan fingerprint density at radius 2 is 1.82 bits per heavy atom. The van der Waals surface area contributed by atoms with E-state index in [4.69, 9.17) is 10.5 Å². The molecule has 2 aliphatic rings. The molecule has 5 rings (SSSR count). The summed E-state index contributed by atoms with van der Waals surface area (Å²) in [5, 5.41) is 19.1. The van der Waals surface area contributed by atoms with Crippen molar-refractivity contribution in [1.29, 1.82) is 0 Å². The molecular weight excluding hydrogens is 745 g/mol. The van der Waals surface area contributed by atoms with Gasteiger partial charge in [0.1, 0.15) is 34.8 Å². The molecule has 1 aromatic heterocycles. The molecular formula is C38H50N8O7S2. The highest BCUT2D eigenvalue weighted by Crippen LogP contribution is 2.31. The number of thioether (sulfide) groups is 1. The molecule has 2 aliphatic heterocycles. The van der Waals surface area contributed by atoms with Crippen LogP contribution in [0.2, 0.25) is 0 Å². The number of thiazole rings is 1. The van der Waals surface area contributed by atoms with Crippen LogP contribution in [0.5, 0.6) is 0 Å². The van der Waals surface area contributed by atoms with Crippen molar-refractivity contribution in [1.82, 2.24) is 25.4 Å². The fourth-order valence-electron chi connectivity index (χ4n) is 6.57. The number of fused-ring (bicyclic) bond motifs is 1. The number of nitrogens with one attached hydrogen (secondary N) is 3. The molecule has 0 radical (unpaired) electrons. The van der Waals surface area contributed by atoms with E-state index in [9.17, 15) is 29.1 Å². The number of carbonyl (C=O) groups excluding carboxylic acids is 4. The Kier molecular flexibility index (Phi) is 15.0. The van der Waals surface area contributed by atoms with Crippen LogP contribution in [0.4, 0.5) is 10.5 Å². The molecule has 15 nitrogen and oxygen atoms in total. The van der Waals surface area contributed by atoms with Crippen LogP contribution in [0.3, 0.4) is 0 Å². The van der Waals surface area contributed by atoms with Crippen LogP contribution in [0, 0.1) is 0 Å². The van der Waals surface area contributed by atoms with Crippen LogP contribution >= 0.6 is 23.1 Å². The zero-order valence-electron chi connectivity index (χ0n) is 31.4. The fraction of sp³-hybridized carbons (Fsp3) is 0.500. The van der Waals surface area contributed by atoms with Gasteiger partial charge in [-0.1, -0.05) is 30.3 Å². The van der Waals surface area contributed by atoms with Gasteiger partial charge < -0.3 is 41.3 Å². The van der Waals surface area contributed by atoms with Crippen LogP contribution in [-0.4, -0.2) is 118 Å². The van der Waals surface area contributed by atoms with Gasteiger partial charge in [-0.25, -0.2) is 14.6 Å². The first kappa shape index (κ1) is 41.6. The molecule has 3 aromatic rings. The van der Waals surface area contributed by atoms with Crippen LogP contribution in [0.25, 0.3) is 10.2 Å². The minimum absolute atomic E-state index is 0.0559. The lowest BCUT2D eigenvalue weighted by molar-refractivity contribution is -0.141. The number of amides is 4. The molecule has 0 bridgehead atoms. The van der Waals surface area contributed by atoms with Gasteiger partial charge >= 0.3 is 12.1 Å². The van der Waals surface area contributed by atoms with Gasteiger partial charge in [0.05, 0.1) is 10.2 Å². The van der Waals surface area contributed by atoms with Crippen molar-refractivity contribution in [2.75, 3.05) is 38.3 Å². The molecule has 55 heavy (non-hydrogen) atoms. The Balaban J connectivity index is 1.28. The molecule has 1 unspecified atom stereocenters. The summed E-state index contributed by atoms with van der Waals surface area (Å²) in [6.07, 6.45) is 3.00. The van der Waals surface area contributed by atoms with Crippen molar-refractivity contribution < 1.29 is 33.8 Å². The van der Waals surface area contributed by atoms with Gasteiger partial charge in [0.2, 0.25) is 17.7 Å². The number of ether oxygens (including phenoxy) is 1. The number of benzene rings is 2. The number of alkyl carbamates (subject to hydrolysis) is 1. The maximum atomic E-state index is 14.2. The zero-order valence-corrected chi connectivity index (χ0v) is 33.0. The number of anilines is 1. The van der Waals surface area contributed by atoms with Gasteiger partial charge in [-0.05, 0) is 103 Å². The maximum absolute atomic E-state index is 14.2. The molecule has 0 spiro atoms. The number of rotatable bonds is 19. The highest BCUT2D eigenvalue weighted by atomic mass is 32.2. The van der Waals surface area contributed by atoms with Crippen LogP contribution in [0.1, 0.15) is 62.4 Å². The maximum Gasteiger partial charge on any atom is 0.408 e. The summed E-state index contributed by atoms with van der Waals surface area (Å²) in [5.41, 5.74) is 7.77. The monoisotopic (exact) mass is 794 g/mol. The molecule has 296 valence electrons. The third-order valence-corrected chi connectivity index (χ3v) is 11.6. The lowest BCUT2D eigenvalue weighted by atomic mass is 10.0. The fourth-order valence-corrected chi connectivity index (χ4v) is 8.68. The topological polar surface area (TPSA) is 209 Å². The zero-order chi connectivity index (χ0) is 39.5. The highest BCUT2D eigenvalue weighted by Gasteiger charge is 2.44. The first-order valence-electron chi connectivity index (χ1n) is 18.5. The number of carboxylic acid groups (broad SMARTS) is 1.